The van der Waals surface area contributed by atoms with Gasteiger partial charge in [0, 0.05) is 4.47 Å². The third-order valence-corrected chi connectivity index (χ3v) is 4.24. The molecule has 20 heavy (non-hydrogen) atoms. The minimum Gasteiger partial charge on any atom is -0.491 e. The number of hydrogen-bond donors (Lipinski definition) is 1. The van der Waals surface area contributed by atoms with Crippen LogP contribution in [-0.2, 0) is 0 Å². The maximum Gasteiger partial charge on any atom is 0.119 e. The van der Waals surface area contributed by atoms with Gasteiger partial charge in [-0.05, 0) is 59.1 Å². The Bertz CT molecular complexity index is 584. The molecule has 0 spiro atoms. The Labute approximate surface area is 133 Å². The maximum absolute atomic E-state index is 6.29. The van der Waals surface area contributed by atoms with Crippen molar-refractivity contribution < 1.29 is 4.74 Å². The van der Waals surface area contributed by atoms with Crippen molar-refractivity contribution in [2.24, 2.45) is 5.73 Å². The van der Waals surface area contributed by atoms with E-state index in [0.717, 1.165) is 21.3 Å². The molecule has 0 bridgehead atoms. The molecule has 1 atom stereocenters. The molecule has 2 aromatic rings. The average molecular weight is 355 g/mol. The van der Waals surface area contributed by atoms with Gasteiger partial charge >= 0.3 is 0 Å². The Morgan fingerprint density at radius 2 is 1.75 bits per heavy atom. The van der Waals surface area contributed by atoms with Crippen molar-refractivity contribution in [3.05, 3.63) is 63.1 Å². The molecule has 106 valence electrons. The van der Waals surface area contributed by atoms with E-state index in [9.17, 15) is 0 Å². The number of hydrogen-bond acceptors (Lipinski definition) is 2. The summed E-state index contributed by atoms with van der Waals surface area (Å²) in [6, 6.07) is 13.3. The van der Waals surface area contributed by atoms with Gasteiger partial charge in [-0.15, -0.1) is 0 Å². The Hall–Kier alpha value is -1.03. The topological polar surface area (TPSA) is 35.2 Å². The second kappa shape index (κ2) is 6.61. The summed E-state index contributed by atoms with van der Waals surface area (Å²) in [6.07, 6.45) is 0.161. The Balaban J connectivity index is 2.25. The van der Waals surface area contributed by atoms with Crippen LogP contribution in [0.2, 0.25) is 5.02 Å². The van der Waals surface area contributed by atoms with E-state index in [4.69, 9.17) is 22.1 Å². The maximum atomic E-state index is 6.29. The van der Waals surface area contributed by atoms with Gasteiger partial charge in [-0.3, -0.25) is 0 Å². The van der Waals surface area contributed by atoms with E-state index in [2.05, 4.69) is 15.9 Å². The highest BCUT2D eigenvalue weighted by Crippen LogP contribution is 2.32. The van der Waals surface area contributed by atoms with Gasteiger partial charge in [0.1, 0.15) is 5.75 Å². The second-order valence-electron chi connectivity index (χ2n) is 4.86. The monoisotopic (exact) mass is 353 g/mol. The summed E-state index contributed by atoms with van der Waals surface area (Å²) in [5.74, 6) is 0.844. The van der Waals surface area contributed by atoms with Gasteiger partial charge in [0.25, 0.3) is 0 Å². The van der Waals surface area contributed by atoms with Crippen molar-refractivity contribution in [2.45, 2.75) is 26.0 Å². The summed E-state index contributed by atoms with van der Waals surface area (Å²) in [5, 5.41) is 0.655. The quantitative estimate of drug-likeness (QED) is 0.844. The number of rotatable bonds is 4. The standard InChI is InChI=1S/C16H17BrClNO/c1-10(2)20-12-8-6-11(7-9-12)16(19)13-4-3-5-14(17)15(13)18/h3-10,16H,19H2,1-2H3. The molecule has 0 saturated heterocycles. The first-order chi connectivity index (χ1) is 9.49. The van der Waals surface area contributed by atoms with Crippen LogP contribution in [0.15, 0.2) is 46.9 Å². The van der Waals surface area contributed by atoms with Gasteiger partial charge in [0.05, 0.1) is 17.2 Å². The van der Waals surface area contributed by atoms with Gasteiger partial charge in [0.15, 0.2) is 0 Å². The molecular weight excluding hydrogens is 338 g/mol. The lowest BCUT2D eigenvalue weighted by Gasteiger charge is -2.16. The fraction of sp³-hybridized carbons (Fsp3) is 0.250. The molecule has 0 radical (unpaired) electrons. The molecule has 0 fully saturated rings. The van der Waals surface area contributed by atoms with Crippen molar-refractivity contribution in [2.75, 3.05) is 0 Å². The van der Waals surface area contributed by atoms with Crippen molar-refractivity contribution in [3.8, 4) is 5.75 Å². The molecule has 0 aliphatic rings. The minimum absolute atomic E-state index is 0.161. The zero-order chi connectivity index (χ0) is 14.7. The molecule has 4 heteroatoms. The van der Waals surface area contributed by atoms with Crippen LogP contribution in [0.25, 0.3) is 0 Å². The summed E-state index contributed by atoms with van der Waals surface area (Å²) >= 11 is 9.70. The average Bonchev–Trinajstić information content (AvgIpc) is 2.41. The van der Waals surface area contributed by atoms with Crippen LogP contribution in [0, 0.1) is 0 Å². The fourth-order valence-corrected chi connectivity index (χ4v) is 2.59. The highest BCUT2D eigenvalue weighted by Gasteiger charge is 2.14. The lowest BCUT2D eigenvalue weighted by Crippen LogP contribution is -2.12. The smallest absolute Gasteiger partial charge is 0.119 e. The van der Waals surface area contributed by atoms with Crippen LogP contribution >= 0.6 is 27.5 Å². The zero-order valence-electron chi connectivity index (χ0n) is 11.4. The number of ether oxygens (including phenoxy) is 1. The highest BCUT2D eigenvalue weighted by molar-refractivity contribution is 9.10. The second-order valence-corrected chi connectivity index (χ2v) is 6.09. The van der Waals surface area contributed by atoms with Crippen molar-refractivity contribution in [3.63, 3.8) is 0 Å². The third-order valence-electron chi connectivity index (χ3n) is 2.93. The first-order valence-corrected chi connectivity index (χ1v) is 7.62. The summed E-state index contributed by atoms with van der Waals surface area (Å²) in [6.45, 7) is 4.00. The van der Waals surface area contributed by atoms with Crippen LogP contribution in [-0.4, -0.2) is 6.10 Å². The fourth-order valence-electron chi connectivity index (χ4n) is 1.97. The number of nitrogens with two attached hydrogens (primary N) is 1. The molecule has 0 saturated carbocycles. The van der Waals surface area contributed by atoms with Crippen LogP contribution in [0.3, 0.4) is 0 Å². The molecule has 0 heterocycles. The van der Waals surface area contributed by atoms with Crippen LogP contribution in [0.4, 0.5) is 0 Å². The minimum atomic E-state index is -0.256. The molecule has 2 aromatic carbocycles. The Morgan fingerprint density at radius 3 is 2.35 bits per heavy atom. The van der Waals surface area contributed by atoms with Gasteiger partial charge in [0.2, 0.25) is 0 Å². The van der Waals surface area contributed by atoms with E-state index in [1.54, 1.807) is 0 Å². The largest absolute Gasteiger partial charge is 0.491 e. The zero-order valence-corrected chi connectivity index (χ0v) is 13.8. The number of benzene rings is 2. The van der Waals surface area contributed by atoms with E-state index >= 15 is 0 Å². The highest BCUT2D eigenvalue weighted by atomic mass is 79.9. The van der Waals surface area contributed by atoms with Gasteiger partial charge in [-0.2, -0.15) is 0 Å². The molecular formula is C16H17BrClNO. The molecule has 2 rings (SSSR count). The summed E-state index contributed by atoms with van der Waals surface area (Å²) in [5.41, 5.74) is 8.19. The van der Waals surface area contributed by atoms with E-state index in [1.807, 2.05) is 56.3 Å². The van der Waals surface area contributed by atoms with Crippen molar-refractivity contribution in [1.82, 2.24) is 0 Å². The first kappa shape index (κ1) is 15.4. The van der Waals surface area contributed by atoms with E-state index in [0.29, 0.717) is 5.02 Å². The van der Waals surface area contributed by atoms with Gasteiger partial charge in [-0.1, -0.05) is 35.9 Å². The molecule has 0 amide bonds. The van der Waals surface area contributed by atoms with Gasteiger partial charge in [-0.25, -0.2) is 0 Å². The SMILES string of the molecule is CC(C)Oc1ccc(C(N)c2cccc(Br)c2Cl)cc1. The summed E-state index contributed by atoms with van der Waals surface area (Å²) in [7, 11) is 0. The lowest BCUT2D eigenvalue weighted by atomic mass is 9.99. The van der Waals surface area contributed by atoms with Crippen molar-refractivity contribution >= 4 is 27.5 Å². The third kappa shape index (κ3) is 3.54. The summed E-state index contributed by atoms with van der Waals surface area (Å²) < 4.78 is 6.48. The molecule has 0 aromatic heterocycles. The first-order valence-electron chi connectivity index (χ1n) is 6.45. The molecule has 2 nitrogen and oxygen atoms in total. The molecule has 0 aliphatic carbocycles. The van der Waals surface area contributed by atoms with E-state index in [-0.39, 0.29) is 12.1 Å². The Morgan fingerprint density at radius 1 is 1.10 bits per heavy atom. The Kier molecular flexibility index (Phi) is 5.08. The molecule has 0 aliphatic heterocycles. The lowest BCUT2D eigenvalue weighted by molar-refractivity contribution is 0.242. The molecule has 1 unspecified atom stereocenters. The molecule has 2 N–H and O–H groups in total. The summed E-state index contributed by atoms with van der Waals surface area (Å²) in [4.78, 5) is 0. The van der Waals surface area contributed by atoms with Crippen LogP contribution in [0.5, 0.6) is 5.75 Å². The number of halogens is 2. The van der Waals surface area contributed by atoms with Crippen molar-refractivity contribution in [1.29, 1.82) is 0 Å². The predicted octanol–water partition coefficient (Wildman–Crippen LogP) is 4.94. The predicted molar refractivity (Wildman–Crippen MR) is 87.4 cm³/mol. The van der Waals surface area contributed by atoms with E-state index in [1.165, 1.54) is 0 Å². The van der Waals surface area contributed by atoms with Crippen LogP contribution in [0.1, 0.15) is 31.0 Å². The van der Waals surface area contributed by atoms with E-state index < -0.39 is 0 Å². The van der Waals surface area contributed by atoms with Crippen LogP contribution < -0.4 is 10.5 Å². The van der Waals surface area contributed by atoms with Gasteiger partial charge < -0.3 is 10.5 Å². The normalized spacial score (nSPS) is 12.5.